The fraction of sp³-hybridized carbons (Fsp3) is 0.625. The normalized spacial score (nSPS) is 20.3. The van der Waals surface area contributed by atoms with E-state index in [1.54, 1.807) is 0 Å². The second-order valence-corrected chi connectivity index (χ2v) is 6.72. The first kappa shape index (κ1) is 23.7. The predicted octanol–water partition coefficient (Wildman–Crippen LogP) is -2.32. The van der Waals surface area contributed by atoms with Gasteiger partial charge in [0.25, 0.3) is 0 Å². The summed E-state index contributed by atoms with van der Waals surface area (Å²) in [5, 5.41) is 25.0. The molecule has 0 radical (unpaired) electrons. The van der Waals surface area contributed by atoms with Crippen LogP contribution in [0.3, 0.4) is 0 Å². The lowest BCUT2D eigenvalue weighted by molar-refractivity contribution is -0.117. The van der Waals surface area contributed by atoms with Crippen LogP contribution in [0, 0.1) is 0 Å². The van der Waals surface area contributed by atoms with Crippen molar-refractivity contribution in [3.63, 3.8) is 0 Å². The third-order valence-electron chi connectivity index (χ3n) is 4.43. The van der Waals surface area contributed by atoms with Gasteiger partial charge in [-0.2, -0.15) is 0 Å². The minimum absolute atomic E-state index is 0. The molecule has 4 aliphatic rings. The number of hydrogen-bond donors (Lipinski definition) is 4. The van der Waals surface area contributed by atoms with E-state index in [-0.39, 0.29) is 36.4 Å². The minimum Gasteiger partial charge on any atom is -0.394 e. The predicted molar refractivity (Wildman–Crippen MR) is 103 cm³/mol. The van der Waals surface area contributed by atoms with Crippen LogP contribution in [0.4, 0.5) is 0 Å². The summed E-state index contributed by atoms with van der Waals surface area (Å²) in [7, 11) is 0. The first-order valence-corrected chi connectivity index (χ1v) is 8.35. The van der Waals surface area contributed by atoms with Crippen molar-refractivity contribution in [3.8, 4) is 0 Å². The second-order valence-electron chi connectivity index (χ2n) is 6.72. The van der Waals surface area contributed by atoms with Gasteiger partial charge < -0.3 is 35.8 Å². The highest BCUT2D eigenvalue weighted by Crippen LogP contribution is 2.33. The van der Waals surface area contributed by atoms with E-state index < -0.39 is 25.4 Å². The second kappa shape index (κ2) is 9.22. The molecule has 0 aromatic rings. The molecule has 0 aromatic heterocycles. The number of halogens is 2. The van der Waals surface area contributed by atoms with Gasteiger partial charge in [0.15, 0.2) is 0 Å². The van der Waals surface area contributed by atoms with Crippen molar-refractivity contribution in [3.05, 3.63) is 23.2 Å². The quantitative estimate of drug-likeness (QED) is 0.274. The maximum atomic E-state index is 12.4. The van der Waals surface area contributed by atoms with Gasteiger partial charge in [0.2, 0.25) is 11.6 Å². The van der Waals surface area contributed by atoms with E-state index in [0.717, 1.165) is 39.3 Å². The Hall–Kier alpha value is -1.36. The highest BCUT2D eigenvalue weighted by atomic mass is 35.5. The van der Waals surface area contributed by atoms with E-state index in [0.29, 0.717) is 17.1 Å². The number of Topliss-reactive ketones (excluding diaryl/α,β-unsaturated/α-hetero) is 1. The van der Waals surface area contributed by atoms with Crippen LogP contribution >= 0.6 is 24.8 Å². The number of aliphatic hydroxyl groups excluding tert-OH is 3. The van der Waals surface area contributed by atoms with Gasteiger partial charge in [-0.25, -0.2) is 0 Å². The van der Waals surface area contributed by atoms with Crippen molar-refractivity contribution in [2.24, 2.45) is 5.73 Å². The summed E-state index contributed by atoms with van der Waals surface area (Å²) in [4.78, 5) is 30.5. The first-order valence-electron chi connectivity index (χ1n) is 8.35. The molecule has 3 fully saturated rings. The number of rotatable bonds is 6. The molecule has 9 nitrogen and oxygen atoms in total. The van der Waals surface area contributed by atoms with Gasteiger partial charge in [-0.15, -0.1) is 24.8 Å². The van der Waals surface area contributed by atoms with Crippen LogP contribution in [0.2, 0.25) is 0 Å². The van der Waals surface area contributed by atoms with E-state index in [4.69, 9.17) is 21.1 Å². The Bertz CT molecular complexity index is 630. The molecule has 3 saturated heterocycles. The fourth-order valence-corrected chi connectivity index (χ4v) is 2.43. The van der Waals surface area contributed by atoms with Crippen molar-refractivity contribution >= 4 is 36.4 Å². The summed E-state index contributed by atoms with van der Waals surface area (Å²) in [5.41, 5.74) is 5.82. The smallest absolute Gasteiger partial charge is 0.227 e. The molecule has 154 valence electrons. The van der Waals surface area contributed by atoms with Crippen molar-refractivity contribution in [1.82, 2.24) is 14.7 Å². The fourth-order valence-electron chi connectivity index (χ4n) is 2.43. The highest BCUT2D eigenvalue weighted by molar-refractivity contribution is 6.22. The number of allylic oxidation sites excluding steroid dienone is 1. The summed E-state index contributed by atoms with van der Waals surface area (Å²) >= 11 is 0. The molecule has 1 aliphatic carbocycles. The van der Waals surface area contributed by atoms with Gasteiger partial charge in [-0.05, 0) is 0 Å². The molecule has 0 aromatic carbocycles. The van der Waals surface area contributed by atoms with E-state index in [1.165, 1.54) is 6.08 Å². The maximum absolute atomic E-state index is 12.4. The Morgan fingerprint density at radius 2 is 1.22 bits per heavy atom. The molecule has 11 heteroatoms. The summed E-state index contributed by atoms with van der Waals surface area (Å²) in [6.45, 7) is 4.20. The molecular weight excluding hydrogens is 399 g/mol. The Balaban J connectivity index is 0.000000320. The molecule has 0 saturated carbocycles. The lowest BCUT2D eigenvalue weighted by Gasteiger charge is -2.21. The zero-order valence-electron chi connectivity index (χ0n) is 14.8. The van der Waals surface area contributed by atoms with Crippen LogP contribution < -0.4 is 5.73 Å². The molecule has 0 unspecified atom stereocenters. The molecule has 4 rings (SSSR count). The Kier molecular flexibility index (Phi) is 8.09. The standard InChI is InChI=1S/C12H13N3O2.C4H11NO3.2ClH/c16-9-7-8(13-1-2-13)12(17)11(15-5-6-15)10(9)14-3-4-14;5-4(1-6,2-7)3-8;;/h7H,1-6H2;6-8H,1-3,5H2;2*1H. The van der Waals surface area contributed by atoms with Gasteiger partial charge in [0, 0.05) is 45.3 Å². The van der Waals surface area contributed by atoms with Crippen molar-refractivity contribution in [2.75, 3.05) is 59.1 Å². The number of aliphatic hydroxyl groups is 3. The summed E-state index contributed by atoms with van der Waals surface area (Å²) in [6.07, 6.45) is 1.52. The molecular formula is C16H26Cl2N4O5. The topological polar surface area (TPSA) is 130 Å². The third-order valence-corrected chi connectivity index (χ3v) is 4.43. The van der Waals surface area contributed by atoms with Gasteiger partial charge in [0.1, 0.15) is 11.4 Å². The molecule has 0 bridgehead atoms. The average molecular weight is 425 g/mol. The van der Waals surface area contributed by atoms with E-state index in [2.05, 4.69) is 0 Å². The molecule has 5 N–H and O–H groups in total. The maximum Gasteiger partial charge on any atom is 0.227 e. The van der Waals surface area contributed by atoms with E-state index in [9.17, 15) is 9.59 Å². The van der Waals surface area contributed by atoms with Gasteiger partial charge in [0.05, 0.1) is 31.1 Å². The lowest BCUT2D eigenvalue weighted by Crippen LogP contribution is -2.50. The number of ketones is 2. The van der Waals surface area contributed by atoms with Crippen LogP contribution in [-0.4, -0.2) is 106 Å². The molecule has 27 heavy (non-hydrogen) atoms. The zero-order valence-corrected chi connectivity index (χ0v) is 16.5. The van der Waals surface area contributed by atoms with Gasteiger partial charge in [-0.3, -0.25) is 9.59 Å². The number of nitrogens with zero attached hydrogens (tertiary/aromatic N) is 3. The van der Waals surface area contributed by atoms with Crippen LogP contribution in [0.5, 0.6) is 0 Å². The largest absolute Gasteiger partial charge is 0.394 e. The summed E-state index contributed by atoms with van der Waals surface area (Å²) < 4.78 is 0. The summed E-state index contributed by atoms with van der Waals surface area (Å²) in [5.74, 6) is 0.0485. The zero-order chi connectivity index (χ0) is 18.2. The van der Waals surface area contributed by atoms with E-state index >= 15 is 0 Å². The van der Waals surface area contributed by atoms with Crippen molar-refractivity contribution < 1.29 is 24.9 Å². The minimum atomic E-state index is -1.21. The number of nitrogens with two attached hydrogens (primary N) is 1. The van der Waals surface area contributed by atoms with Crippen molar-refractivity contribution in [2.45, 2.75) is 5.54 Å². The van der Waals surface area contributed by atoms with Crippen LogP contribution in [-0.2, 0) is 9.59 Å². The summed E-state index contributed by atoms with van der Waals surface area (Å²) in [6, 6.07) is 0. The number of hydrogen-bond acceptors (Lipinski definition) is 9. The monoisotopic (exact) mass is 424 g/mol. The SMILES string of the molecule is Cl.Cl.NC(CO)(CO)CO.O=C1C=C(N2CC2)C(=O)C(N2CC2)=C1N1CC1. The van der Waals surface area contributed by atoms with Gasteiger partial charge in [-0.1, -0.05) is 0 Å². The third kappa shape index (κ3) is 5.34. The van der Waals surface area contributed by atoms with Crippen molar-refractivity contribution in [1.29, 1.82) is 0 Å². The Labute approximate surface area is 169 Å². The number of carbonyl (C=O) groups is 2. The number of carbonyl (C=O) groups excluding carboxylic acids is 2. The van der Waals surface area contributed by atoms with Crippen LogP contribution in [0.15, 0.2) is 23.2 Å². The Morgan fingerprint density at radius 1 is 0.815 bits per heavy atom. The van der Waals surface area contributed by atoms with Gasteiger partial charge >= 0.3 is 0 Å². The van der Waals surface area contributed by atoms with Crippen LogP contribution in [0.1, 0.15) is 0 Å². The molecule has 0 spiro atoms. The molecule has 3 heterocycles. The molecule has 0 atom stereocenters. The molecule has 3 aliphatic heterocycles. The first-order chi connectivity index (χ1) is 11.9. The average Bonchev–Trinajstić information content (AvgIpc) is 3.47. The Morgan fingerprint density at radius 3 is 1.56 bits per heavy atom. The van der Waals surface area contributed by atoms with Crippen LogP contribution in [0.25, 0.3) is 0 Å². The van der Waals surface area contributed by atoms with E-state index in [1.807, 2.05) is 14.7 Å². The lowest BCUT2D eigenvalue weighted by atomic mass is 10.0. The molecule has 0 amide bonds. The highest BCUT2D eigenvalue weighted by Gasteiger charge is 2.43.